The van der Waals surface area contributed by atoms with E-state index in [1.807, 2.05) is 11.8 Å². The first-order valence-electron chi connectivity index (χ1n) is 7.95. The third-order valence-corrected chi connectivity index (χ3v) is 4.72. The summed E-state index contributed by atoms with van der Waals surface area (Å²) in [7, 11) is 0. The van der Waals surface area contributed by atoms with E-state index < -0.39 is 17.2 Å². The molecular weight excluding hydrogens is 314 g/mol. The monoisotopic (exact) mass is 334 g/mol. The van der Waals surface area contributed by atoms with Crippen LogP contribution in [0.15, 0.2) is 30.5 Å². The van der Waals surface area contributed by atoms with Gasteiger partial charge < -0.3 is 5.73 Å². The Morgan fingerprint density at radius 1 is 1.33 bits per heavy atom. The number of nitrogens with zero attached hydrogens (tertiary/aromatic N) is 3. The summed E-state index contributed by atoms with van der Waals surface area (Å²) in [6.45, 7) is 3.07. The van der Waals surface area contributed by atoms with Crippen LogP contribution in [0, 0.1) is 11.6 Å². The number of hydrogen-bond donors (Lipinski definition) is 1. The minimum Gasteiger partial charge on any atom is -0.368 e. The predicted molar refractivity (Wildman–Crippen MR) is 85.3 cm³/mol. The van der Waals surface area contributed by atoms with Gasteiger partial charge in [-0.3, -0.25) is 9.69 Å². The number of benzene rings is 1. The van der Waals surface area contributed by atoms with Gasteiger partial charge >= 0.3 is 0 Å². The van der Waals surface area contributed by atoms with Gasteiger partial charge in [-0.05, 0) is 50.9 Å². The van der Waals surface area contributed by atoms with E-state index >= 15 is 0 Å². The summed E-state index contributed by atoms with van der Waals surface area (Å²) in [6, 6.07) is 5.12. The van der Waals surface area contributed by atoms with Crippen molar-refractivity contribution in [2.24, 2.45) is 5.73 Å². The molecule has 1 aromatic carbocycles. The summed E-state index contributed by atoms with van der Waals surface area (Å²) in [6.07, 6.45) is 4.30. The van der Waals surface area contributed by atoms with E-state index in [0.717, 1.165) is 31.9 Å². The molecule has 1 atom stereocenters. The van der Waals surface area contributed by atoms with Gasteiger partial charge in [-0.15, -0.1) is 0 Å². The molecule has 1 aliphatic heterocycles. The van der Waals surface area contributed by atoms with Gasteiger partial charge in [0.05, 0.1) is 11.2 Å². The first-order chi connectivity index (χ1) is 11.4. The first kappa shape index (κ1) is 16.6. The summed E-state index contributed by atoms with van der Waals surface area (Å²) in [5.41, 5.74) is 5.77. The van der Waals surface area contributed by atoms with Crippen LogP contribution in [0.1, 0.15) is 31.9 Å². The molecule has 7 heteroatoms. The van der Waals surface area contributed by atoms with Crippen LogP contribution < -0.4 is 5.73 Å². The molecule has 1 saturated heterocycles. The molecule has 24 heavy (non-hydrogen) atoms. The van der Waals surface area contributed by atoms with Crippen LogP contribution in [-0.4, -0.2) is 32.7 Å². The normalized spacial score (nSPS) is 21.8. The SMILES string of the molecule is CC1(C(N)=O)CCCCN1Cc1ccn(-c2ccc(F)cc2F)n1. The average molecular weight is 334 g/mol. The lowest BCUT2D eigenvalue weighted by Gasteiger charge is -2.42. The summed E-state index contributed by atoms with van der Waals surface area (Å²) >= 11 is 0. The molecule has 0 saturated carbocycles. The van der Waals surface area contributed by atoms with E-state index in [2.05, 4.69) is 5.10 Å². The topological polar surface area (TPSA) is 64.2 Å². The molecule has 1 aliphatic rings. The quantitative estimate of drug-likeness (QED) is 0.934. The third-order valence-electron chi connectivity index (χ3n) is 4.72. The second kappa shape index (κ2) is 6.32. The number of rotatable bonds is 4. The number of amides is 1. The van der Waals surface area contributed by atoms with Gasteiger partial charge in [0, 0.05) is 18.8 Å². The molecular formula is C17H20F2N4O. The maximum absolute atomic E-state index is 13.9. The van der Waals surface area contributed by atoms with Crippen LogP contribution >= 0.6 is 0 Å². The van der Waals surface area contributed by atoms with Gasteiger partial charge in [-0.1, -0.05) is 0 Å². The molecule has 2 N–H and O–H groups in total. The standard InChI is InChI=1S/C17H20F2N4O/c1-17(16(20)24)7-2-3-8-22(17)11-13-6-9-23(21-13)15-5-4-12(18)10-14(15)19/h4-6,9-10H,2-3,7-8,11H2,1H3,(H2,20,24). The molecule has 1 unspecified atom stereocenters. The summed E-state index contributed by atoms with van der Waals surface area (Å²) < 4.78 is 28.2. The smallest absolute Gasteiger partial charge is 0.237 e. The van der Waals surface area contributed by atoms with Crippen molar-refractivity contribution in [1.82, 2.24) is 14.7 Å². The number of aromatic nitrogens is 2. The Morgan fingerprint density at radius 3 is 2.83 bits per heavy atom. The number of carbonyl (C=O) groups excluding carboxylic acids is 1. The van der Waals surface area contributed by atoms with Crippen molar-refractivity contribution in [2.75, 3.05) is 6.54 Å². The highest BCUT2D eigenvalue weighted by atomic mass is 19.1. The second-order valence-corrected chi connectivity index (χ2v) is 6.36. The molecule has 3 rings (SSSR count). The fourth-order valence-corrected chi connectivity index (χ4v) is 3.15. The largest absolute Gasteiger partial charge is 0.368 e. The zero-order chi connectivity index (χ0) is 17.3. The zero-order valence-corrected chi connectivity index (χ0v) is 13.5. The molecule has 2 aromatic rings. The lowest BCUT2D eigenvalue weighted by atomic mass is 9.87. The van der Waals surface area contributed by atoms with Crippen molar-refractivity contribution in [1.29, 1.82) is 0 Å². The number of piperidine rings is 1. The molecule has 0 aliphatic carbocycles. The number of halogens is 2. The Morgan fingerprint density at radius 2 is 2.12 bits per heavy atom. The van der Waals surface area contributed by atoms with Gasteiger partial charge in [0.2, 0.25) is 5.91 Å². The Balaban J connectivity index is 1.82. The van der Waals surface area contributed by atoms with Gasteiger partial charge in [-0.2, -0.15) is 5.10 Å². The predicted octanol–water partition coefficient (Wildman–Crippen LogP) is 2.38. The molecule has 5 nitrogen and oxygen atoms in total. The van der Waals surface area contributed by atoms with Crippen molar-refractivity contribution in [3.63, 3.8) is 0 Å². The van der Waals surface area contributed by atoms with Crippen LogP contribution in [0.2, 0.25) is 0 Å². The highest BCUT2D eigenvalue weighted by molar-refractivity contribution is 5.84. The van der Waals surface area contributed by atoms with E-state index in [-0.39, 0.29) is 11.6 Å². The molecule has 1 amide bonds. The molecule has 0 radical (unpaired) electrons. The number of primary amides is 1. The lowest BCUT2D eigenvalue weighted by molar-refractivity contribution is -0.132. The van der Waals surface area contributed by atoms with Crippen molar-refractivity contribution in [3.8, 4) is 5.69 Å². The van der Waals surface area contributed by atoms with Crippen LogP contribution in [0.3, 0.4) is 0 Å². The second-order valence-electron chi connectivity index (χ2n) is 6.36. The lowest BCUT2D eigenvalue weighted by Crippen LogP contribution is -2.57. The maximum atomic E-state index is 13.9. The fourth-order valence-electron chi connectivity index (χ4n) is 3.15. The van der Waals surface area contributed by atoms with Crippen molar-refractivity contribution < 1.29 is 13.6 Å². The fraction of sp³-hybridized carbons (Fsp3) is 0.412. The number of hydrogen-bond acceptors (Lipinski definition) is 3. The summed E-state index contributed by atoms with van der Waals surface area (Å²) in [5.74, 6) is -1.65. The van der Waals surface area contributed by atoms with E-state index in [1.54, 1.807) is 12.3 Å². The number of nitrogens with two attached hydrogens (primary N) is 1. The Bertz CT molecular complexity index is 761. The van der Waals surface area contributed by atoms with Crippen LogP contribution in [0.4, 0.5) is 8.78 Å². The molecule has 128 valence electrons. The number of carbonyl (C=O) groups is 1. The molecule has 0 spiro atoms. The van der Waals surface area contributed by atoms with Gasteiger partial charge in [0.15, 0.2) is 5.82 Å². The van der Waals surface area contributed by atoms with Gasteiger partial charge in [-0.25, -0.2) is 13.5 Å². The van der Waals surface area contributed by atoms with E-state index in [0.29, 0.717) is 12.2 Å². The molecule has 2 heterocycles. The molecule has 1 fully saturated rings. The Kier molecular flexibility index (Phi) is 4.36. The van der Waals surface area contributed by atoms with E-state index in [9.17, 15) is 13.6 Å². The van der Waals surface area contributed by atoms with E-state index in [4.69, 9.17) is 5.73 Å². The zero-order valence-electron chi connectivity index (χ0n) is 13.5. The average Bonchev–Trinajstić information content (AvgIpc) is 2.98. The minimum atomic E-state index is -0.691. The highest BCUT2D eigenvalue weighted by Crippen LogP contribution is 2.29. The summed E-state index contributed by atoms with van der Waals surface area (Å²) in [5, 5.41) is 4.35. The van der Waals surface area contributed by atoms with Crippen molar-refractivity contribution in [3.05, 3.63) is 47.8 Å². The maximum Gasteiger partial charge on any atom is 0.237 e. The van der Waals surface area contributed by atoms with Crippen LogP contribution in [0.25, 0.3) is 5.69 Å². The van der Waals surface area contributed by atoms with Gasteiger partial charge in [0.25, 0.3) is 0 Å². The minimum absolute atomic E-state index is 0.180. The Labute approximate surface area is 139 Å². The molecule has 0 bridgehead atoms. The van der Waals surface area contributed by atoms with Crippen LogP contribution in [-0.2, 0) is 11.3 Å². The Hall–Kier alpha value is -2.28. The summed E-state index contributed by atoms with van der Waals surface area (Å²) in [4.78, 5) is 13.9. The van der Waals surface area contributed by atoms with Crippen LogP contribution in [0.5, 0.6) is 0 Å². The van der Waals surface area contributed by atoms with Gasteiger partial charge in [0.1, 0.15) is 11.5 Å². The third kappa shape index (κ3) is 3.03. The van der Waals surface area contributed by atoms with Crippen molar-refractivity contribution >= 4 is 5.91 Å². The van der Waals surface area contributed by atoms with E-state index in [1.165, 1.54) is 16.8 Å². The number of likely N-dealkylation sites (tertiary alicyclic amines) is 1. The highest BCUT2D eigenvalue weighted by Gasteiger charge is 2.39. The van der Waals surface area contributed by atoms with Crippen molar-refractivity contribution in [2.45, 2.75) is 38.3 Å². The first-order valence-corrected chi connectivity index (χ1v) is 7.95. The molecule has 1 aromatic heterocycles.